The molecule has 1 unspecified atom stereocenters. The van der Waals surface area contributed by atoms with Gasteiger partial charge in [-0.15, -0.1) is 24.0 Å². The Balaban J connectivity index is 0.00000225. The van der Waals surface area contributed by atoms with E-state index in [0.717, 1.165) is 30.9 Å². The number of benzene rings is 1. The Bertz CT molecular complexity index is 586. The summed E-state index contributed by atoms with van der Waals surface area (Å²) in [6.07, 6.45) is 5.33. The molecule has 1 aliphatic carbocycles. The number of hydrogen-bond donors (Lipinski definition) is 2. The highest BCUT2D eigenvalue weighted by molar-refractivity contribution is 14.0. The van der Waals surface area contributed by atoms with E-state index in [-0.39, 0.29) is 35.9 Å². The molecule has 6 heteroatoms. The average molecular weight is 459 g/mol. The molecule has 1 heterocycles. The summed E-state index contributed by atoms with van der Waals surface area (Å²) in [5.74, 6) is 0.841. The second-order valence-corrected chi connectivity index (χ2v) is 7.05. The van der Waals surface area contributed by atoms with E-state index in [9.17, 15) is 0 Å². The molecular weight excluding hydrogens is 429 g/mol. The normalized spacial score (nSPS) is 29.4. The second-order valence-electron chi connectivity index (χ2n) is 7.05. The van der Waals surface area contributed by atoms with Crippen LogP contribution in [0.4, 0.5) is 5.69 Å². The van der Waals surface area contributed by atoms with E-state index in [1.54, 1.807) is 0 Å². The molecule has 0 radical (unpaired) electrons. The van der Waals surface area contributed by atoms with Crippen LogP contribution in [0.15, 0.2) is 29.3 Å². The SMILES string of the molecule is CCc1cccc(NC(N)=NCC2COC3(CCC(C)CC3)O2)c1.I. The van der Waals surface area contributed by atoms with Crippen LogP contribution in [-0.4, -0.2) is 31.0 Å². The zero-order valence-corrected chi connectivity index (χ0v) is 17.5. The molecule has 1 atom stereocenters. The summed E-state index contributed by atoms with van der Waals surface area (Å²) in [4.78, 5) is 4.43. The van der Waals surface area contributed by atoms with Gasteiger partial charge in [0.05, 0.1) is 13.2 Å². The van der Waals surface area contributed by atoms with Crippen LogP contribution in [0.25, 0.3) is 0 Å². The Labute approximate surface area is 167 Å². The van der Waals surface area contributed by atoms with Gasteiger partial charge in [0.1, 0.15) is 6.10 Å². The molecular formula is C19H30IN3O2. The molecule has 140 valence electrons. The highest BCUT2D eigenvalue weighted by Crippen LogP contribution is 2.39. The third kappa shape index (κ3) is 5.56. The molecule has 5 nitrogen and oxygen atoms in total. The van der Waals surface area contributed by atoms with Crippen molar-refractivity contribution in [1.82, 2.24) is 0 Å². The van der Waals surface area contributed by atoms with Crippen LogP contribution in [0.2, 0.25) is 0 Å². The zero-order chi connectivity index (χ0) is 17.0. The molecule has 1 aromatic rings. The molecule has 0 aromatic heterocycles. The lowest BCUT2D eigenvalue weighted by Gasteiger charge is -2.34. The van der Waals surface area contributed by atoms with E-state index in [4.69, 9.17) is 15.2 Å². The summed E-state index contributed by atoms with van der Waals surface area (Å²) >= 11 is 0. The predicted molar refractivity (Wildman–Crippen MR) is 113 cm³/mol. The minimum Gasteiger partial charge on any atom is -0.370 e. The van der Waals surface area contributed by atoms with Crippen LogP contribution in [0, 0.1) is 5.92 Å². The molecule has 3 rings (SSSR count). The van der Waals surface area contributed by atoms with Gasteiger partial charge in [-0.1, -0.05) is 26.0 Å². The molecule has 0 bridgehead atoms. The van der Waals surface area contributed by atoms with Crippen LogP contribution in [-0.2, 0) is 15.9 Å². The first-order valence-electron chi connectivity index (χ1n) is 9.06. The second kappa shape index (κ2) is 9.19. The van der Waals surface area contributed by atoms with Gasteiger partial charge in [0.15, 0.2) is 11.7 Å². The number of halogens is 1. The van der Waals surface area contributed by atoms with Gasteiger partial charge >= 0.3 is 0 Å². The van der Waals surface area contributed by atoms with Crippen molar-refractivity contribution in [3.8, 4) is 0 Å². The molecule has 0 amide bonds. The zero-order valence-electron chi connectivity index (χ0n) is 15.2. The van der Waals surface area contributed by atoms with Crippen molar-refractivity contribution in [1.29, 1.82) is 0 Å². The van der Waals surface area contributed by atoms with Gasteiger partial charge in [0.2, 0.25) is 0 Å². The summed E-state index contributed by atoms with van der Waals surface area (Å²) in [5, 5.41) is 3.15. The minimum atomic E-state index is -0.357. The maximum Gasteiger partial charge on any atom is 0.193 e. The third-order valence-corrected chi connectivity index (χ3v) is 5.02. The van der Waals surface area contributed by atoms with Crippen LogP contribution < -0.4 is 11.1 Å². The number of ether oxygens (including phenoxy) is 2. The lowest BCUT2D eigenvalue weighted by Crippen LogP contribution is -2.35. The van der Waals surface area contributed by atoms with Crippen LogP contribution in [0.5, 0.6) is 0 Å². The van der Waals surface area contributed by atoms with E-state index in [2.05, 4.69) is 36.3 Å². The fourth-order valence-corrected chi connectivity index (χ4v) is 3.43. The minimum absolute atomic E-state index is 0. The first-order chi connectivity index (χ1) is 11.6. The lowest BCUT2D eigenvalue weighted by atomic mass is 9.86. The maximum absolute atomic E-state index is 6.16. The smallest absolute Gasteiger partial charge is 0.193 e. The average Bonchev–Trinajstić information content (AvgIpc) is 2.99. The predicted octanol–water partition coefficient (Wildman–Crippen LogP) is 3.92. The number of nitrogens with one attached hydrogen (secondary N) is 1. The molecule has 25 heavy (non-hydrogen) atoms. The van der Waals surface area contributed by atoms with Gasteiger partial charge in [0.25, 0.3) is 0 Å². The molecule has 1 saturated heterocycles. The lowest BCUT2D eigenvalue weighted by molar-refractivity contribution is -0.190. The van der Waals surface area contributed by atoms with E-state index in [1.807, 2.05) is 12.1 Å². The highest BCUT2D eigenvalue weighted by atomic mass is 127. The fourth-order valence-electron chi connectivity index (χ4n) is 3.43. The van der Waals surface area contributed by atoms with Crippen LogP contribution in [0.1, 0.15) is 45.1 Å². The summed E-state index contributed by atoms with van der Waals surface area (Å²) in [5.41, 5.74) is 8.25. The summed E-state index contributed by atoms with van der Waals surface area (Å²) in [6, 6.07) is 8.22. The summed E-state index contributed by atoms with van der Waals surface area (Å²) in [7, 11) is 0. The number of rotatable bonds is 4. The number of aliphatic imine (C=N–C) groups is 1. The van der Waals surface area contributed by atoms with Crippen molar-refractivity contribution in [3.05, 3.63) is 29.8 Å². The topological polar surface area (TPSA) is 68.9 Å². The summed E-state index contributed by atoms with van der Waals surface area (Å²) < 4.78 is 12.1. The first kappa shape index (κ1) is 20.5. The van der Waals surface area contributed by atoms with E-state index in [0.29, 0.717) is 19.1 Å². The number of nitrogens with two attached hydrogens (primary N) is 1. The van der Waals surface area contributed by atoms with Crippen LogP contribution in [0.3, 0.4) is 0 Å². The monoisotopic (exact) mass is 459 g/mol. The Morgan fingerprint density at radius 3 is 2.84 bits per heavy atom. The molecule has 1 spiro atoms. The maximum atomic E-state index is 6.16. The number of hydrogen-bond acceptors (Lipinski definition) is 3. The molecule has 3 N–H and O–H groups in total. The fraction of sp³-hybridized carbons (Fsp3) is 0.632. The van der Waals surface area contributed by atoms with Crippen molar-refractivity contribution in [2.45, 2.75) is 57.8 Å². The van der Waals surface area contributed by atoms with Crippen molar-refractivity contribution in [2.75, 3.05) is 18.5 Å². The molecule has 1 aromatic carbocycles. The molecule has 1 aliphatic heterocycles. The largest absolute Gasteiger partial charge is 0.370 e. The van der Waals surface area contributed by atoms with E-state index in [1.165, 1.54) is 18.4 Å². The van der Waals surface area contributed by atoms with Gasteiger partial charge in [-0.25, -0.2) is 0 Å². The number of nitrogens with zero attached hydrogens (tertiary/aromatic N) is 1. The Hall–Kier alpha value is -0.860. The number of guanidine groups is 1. The molecule has 2 fully saturated rings. The molecule has 2 aliphatic rings. The van der Waals surface area contributed by atoms with Crippen LogP contribution >= 0.6 is 24.0 Å². The molecule has 1 saturated carbocycles. The van der Waals surface area contributed by atoms with Gasteiger partial charge < -0.3 is 20.5 Å². The Kier molecular flexibility index (Phi) is 7.51. The standard InChI is InChI=1S/C19H29N3O2.HI/c1-3-15-5-4-6-16(11-15)22-18(20)21-12-17-13-23-19(24-17)9-7-14(2)8-10-19;/h4-6,11,14,17H,3,7-10,12-13H2,1-2H3,(H3,20,21,22);1H. The van der Waals surface area contributed by atoms with Gasteiger partial charge in [-0.2, -0.15) is 0 Å². The summed E-state index contributed by atoms with van der Waals surface area (Å²) in [6.45, 7) is 5.57. The first-order valence-corrected chi connectivity index (χ1v) is 9.06. The number of aryl methyl sites for hydroxylation is 1. The van der Waals surface area contributed by atoms with Gasteiger partial charge in [0, 0.05) is 18.5 Å². The van der Waals surface area contributed by atoms with Crippen molar-refractivity contribution >= 4 is 35.6 Å². The highest BCUT2D eigenvalue weighted by Gasteiger charge is 2.43. The van der Waals surface area contributed by atoms with Crippen molar-refractivity contribution < 1.29 is 9.47 Å². The third-order valence-electron chi connectivity index (χ3n) is 5.02. The Morgan fingerprint density at radius 1 is 1.36 bits per heavy atom. The van der Waals surface area contributed by atoms with Crippen molar-refractivity contribution in [2.24, 2.45) is 16.6 Å². The van der Waals surface area contributed by atoms with Crippen molar-refractivity contribution in [3.63, 3.8) is 0 Å². The van der Waals surface area contributed by atoms with Gasteiger partial charge in [-0.3, -0.25) is 4.99 Å². The van der Waals surface area contributed by atoms with Gasteiger partial charge in [-0.05, 0) is 42.9 Å². The van der Waals surface area contributed by atoms with E-state index >= 15 is 0 Å². The van der Waals surface area contributed by atoms with E-state index < -0.39 is 0 Å². The number of anilines is 1. The Morgan fingerprint density at radius 2 is 2.12 bits per heavy atom. The quantitative estimate of drug-likeness (QED) is 0.407.